The van der Waals surface area contributed by atoms with Crippen LogP contribution in [0, 0.1) is 18.6 Å². The van der Waals surface area contributed by atoms with Crippen LogP contribution in [0.5, 0.6) is 5.75 Å². The Morgan fingerprint density at radius 2 is 1.97 bits per heavy atom. The van der Waals surface area contributed by atoms with Crippen LogP contribution >= 0.6 is 11.6 Å². The molecule has 8 heteroatoms. The van der Waals surface area contributed by atoms with E-state index < -0.39 is 17.2 Å². The van der Waals surface area contributed by atoms with Crippen LogP contribution in [0.25, 0.3) is 5.65 Å². The number of fused-ring (bicyclic) bond motifs is 1. The fourth-order valence-corrected chi connectivity index (χ4v) is 3.87. The second kappa shape index (κ2) is 9.32. The van der Waals surface area contributed by atoms with Gasteiger partial charge in [0.2, 0.25) is 0 Å². The molecule has 1 aromatic carbocycles. The van der Waals surface area contributed by atoms with Gasteiger partial charge in [-0.15, -0.1) is 0 Å². The number of halogens is 3. The van der Waals surface area contributed by atoms with Crippen molar-refractivity contribution in [2.24, 2.45) is 5.73 Å². The monoisotopic (exact) mass is 449 g/mol. The lowest BCUT2D eigenvalue weighted by atomic mass is 9.90. The van der Waals surface area contributed by atoms with Gasteiger partial charge in [0.05, 0.1) is 16.3 Å². The maximum absolute atomic E-state index is 13.9. The Bertz CT molecular complexity index is 1090. The first-order valence-corrected chi connectivity index (χ1v) is 10.6. The predicted octanol–water partition coefficient (Wildman–Crippen LogP) is 5.63. The summed E-state index contributed by atoms with van der Waals surface area (Å²) in [7, 11) is 0. The molecule has 0 saturated heterocycles. The van der Waals surface area contributed by atoms with Crippen molar-refractivity contribution in [1.29, 1.82) is 0 Å². The minimum Gasteiger partial charge on any atom is -0.485 e. The fourth-order valence-electron chi connectivity index (χ4n) is 3.67. The largest absolute Gasteiger partial charge is 0.485 e. The van der Waals surface area contributed by atoms with E-state index in [9.17, 15) is 13.6 Å². The van der Waals surface area contributed by atoms with E-state index in [0.29, 0.717) is 28.5 Å². The smallest absolute Gasteiger partial charge is 0.181 e. The van der Waals surface area contributed by atoms with Crippen LogP contribution in [0.3, 0.4) is 0 Å². The van der Waals surface area contributed by atoms with Gasteiger partial charge >= 0.3 is 0 Å². The van der Waals surface area contributed by atoms with E-state index in [0.717, 1.165) is 25.0 Å². The zero-order valence-electron chi connectivity index (χ0n) is 17.8. The van der Waals surface area contributed by atoms with E-state index in [1.54, 1.807) is 17.5 Å². The van der Waals surface area contributed by atoms with Crippen molar-refractivity contribution in [3.05, 3.63) is 64.1 Å². The maximum atomic E-state index is 13.9. The Balaban J connectivity index is 1.90. The van der Waals surface area contributed by atoms with Crippen molar-refractivity contribution in [2.45, 2.75) is 58.6 Å². The topological polar surface area (TPSA) is 69.6 Å². The zero-order valence-corrected chi connectivity index (χ0v) is 18.6. The van der Waals surface area contributed by atoms with Crippen LogP contribution in [0.15, 0.2) is 30.5 Å². The van der Waals surface area contributed by atoms with Gasteiger partial charge in [0.25, 0.3) is 0 Å². The van der Waals surface area contributed by atoms with Crippen molar-refractivity contribution in [2.75, 3.05) is 0 Å². The SMILES string of the molecule is CCCC(C)(N)CCC(=O)c1c(C)nc2c(OCc3c(F)cccc3F)cc(Cl)cn12. The van der Waals surface area contributed by atoms with Gasteiger partial charge in [-0.3, -0.25) is 9.20 Å². The molecule has 0 amide bonds. The molecular weight excluding hydrogens is 424 g/mol. The number of carbonyl (C=O) groups is 1. The summed E-state index contributed by atoms with van der Waals surface area (Å²) in [4.78, 5) is 17.4. The second-order valence-electron chi connectivity index (χ2n) is 8.08. The molecule has 0 spiro atoms. The molecule has 1 atom stereocenters. The molecule has 2 heterocycles. The van der Waals surface area contributed by atoms with Crippen molar-refractivity contribution in [3.63, 3.8) is 0 Å². The highest BCUT2D eigenvalue weighted by Crippen LogP contribution is 2.29. The number of nitrogens with two attached hydrogens (primary N) is 1. The molecule has 5 nitrogen and oxygen atoms in total. The van der Waals surface area contributed by atoms with E-state index in [-0.39, 0.29) is 30.1 Å². The van der Waals surface area contributed by atoms with Gasteiger partial charge in [-0.05, 0) is 38.8 Å². The number of ether oxygens (including phenoxy) is 1. The number of rotatable bonds is 9. The van der Waals surface area contributed by atoms with Crippen molar-refractivity contribution < 1.29 is 18.3 Å². The highest BCUT2D eigenvalue weighted by atomic mass is 35.5. The number of ketones is 1. The van der Waals surface area contributed by atoms with Gasteiger partial charge in [0, 0.05) is 24.2 Å². The molecule has 2 N–H and O–H groups in total. The molecule has 2 aromatic heterocycles. The highest BCUT2D eigenvalue weighted by Gasteiger charge is 2.24. The lowest BCUT2D eigenvalue weighted by Crippen LogP contribution is -2.36. The summed E-state index contributed by atoms with van der Waals surface area (Å²) in [5.41, 5.74) is 6.92. The first-order chi connectivity index (χ1) is 14.6. The predicted molar refractivity (Wildman–Crippen MR) is 117 cm³/mol. The maximum Gasteiger partial charge on any atom is 0.181 e. The Morgan fingerprint density at radius 1 is 1.29 bits per heavy atom. The Labute approximate surface area is 185 Å². The van der Waals surface area contributed by atoms with Crippen LogP contribution < -0.4 is 10.5 Å². The van der Waals surface area contributed by atoms with Crippen molar-refractivity contribution in [3.8, 4) is 5.75 Å². The molecule has 0 fully saturated rings. The van der Waals surface area contributed by atoms with Gasteiger partial charge < -0.3 is 10.5 Å². The minimum atomic E-state index is -0.703. The van der Waals surface area contributed by atoms with Crippen LogP contribution in [0.1, 0.15) is 61.3 Å². The minimum absolute atomic E-state index is 0.105. The first kappa shape index (κ1) is 23.2. The van der Waals surface area contributed by atoms with Gasteiger partial charge in [-0.2, -0.15) is 0 Å². The van der Waals surface area contributed by atoms with E-state index in [1.165, 1.54) is 12.1 Å². The third-order valence-corrected chi connectivity index (χ3v) is 5.48. The Kier molecular flexibility index (Phi) is 6.96. The van der Waals surface area contributed by atoms with E-state index in [4.69, 9.17) is 22.1 Å². The summed E-state index contributed by atoms with van der Waals surface area (Å²) in [6.45, 7) is 5.38. The lowest BCUT2D eigenvalue weighted by Gasteiger charge is -2.23. The Hall–Kier alpha value is -2.51. The molecular formula is C23H26ClF2N3O2. The molecule has 0 saturated carbocycles. The van der Waals surface area contributed by atoms with Crippen molar-refractivity contribution in [1.82, 2.24) is 9.38 Å². The van der Waals surface area contributed by atoms with E-state index >= 15 is 0 Å². The number of hydrogen-bond acceptors (Lipinski definition) is 4. The molecule has 0 aliphatic carbocycles. The fraction of sp³-hybridized carbons (Fsp3) is 0.391. The molecule has 31 heavy (non-hydrogen) atoms. The van der Waals surface area contributed by atoms with Crippen molar-refractivity contribution >= 4 is 23.0 Å². The Morgan fingerprint density at radius 3 is 2.61 bits per heavy atom. The van der Waals surface area contributed by atoms with Crippen LogP contribution in [0.4, 0.5) is 8.78 Å². The summed E-state index contributed by atoms with van der Waals surface area (Å²) < 4.78 is 35.1. The normalized spacial score (nSPS) is 13.4. The molecule has 3 rings (SSSR count). The number of aryl methyl sites for hydroxylation is 1. The van der Waals surface area contributed by atoms with Crippen LogP contribution in [-0.4, -0.2) is 20.7 Å². The van der Waals surface area contributed by atoms with Crippen LogP contribution in [0.2, 0.25) is 5.02 Å². The highest BCUT2D eigenvalue weighted by molar-refractivity contribution is 6.30. The summed E-state index contributed by atoms with van der Waals surface area (Å²) in [6, 6.07) is 5.12. The summed E-state index contributed by atoms with van der Waals surface area (Å²) in [6.07, 6.45) is 4.15. The number of imidazole rings is 1. The number of hydrogen-bond donors (Lipinski definition) is 1. The number of nitrogens with zero attached hydrogens (tertiary/aromatic N) is 2. The first-order valence-electron chi connectivity index (χ1n) is 10.2. The standard InChI is InChI=1S/C23H26ClF2N3O2/c1-4-9-23(3,27)10-8-19(30)21-14(2)28-22-20(11-15(24)12-29(21)22)31-13-16-17(25)6-5-7-18(16)26/h5-7,11-12H,4,8-10,13,27H2,1-3H3. The van der Waals surface area contributed by atoms with E-state index in [2.05, 4.69) is 11.9 Å². The number of carbonyl (C=O) groups excluding carboxylic acids is 1. The van der Waals surface area contributed by atoms with Gasteiger partial charge in [-0.25, -0.2) is 13.8 Å². The third-order valence-electron chi connectivity index (χ3n) is 5.27. The number of pyridine rings is 1. The van der Waals surface area contributed by atoms with E-state index in [1.807, 2.05) is 6.92 Å². The molecule has 0 radical (unpaired) electrons. The number of benzene rings is 1. The molecule has 3 aromatic rings. The third kappa shape index (κ3) is 5.22. The molecule has 0 aliphatic heterocycles. The lowest BCUT2D eigenvalue weighted by molar-refractivity contribution is 0.0964. The number of Topliss-reactive ketones (excluding diaryl/α,β-unsaturated/α-hetero) is 1. The number of aromatic nitrogens is 2. The summed E-state index contributed by atoms with van der Waals surface area (Å²) in [5.74, 6) is -1.28. The average molecular weight is 450 g/mol. The summed E-state index contributed by atoms with van der Waals surface area (Å²) in [5, 5.41) is 0.303. The molecule has 0 aliphatic rings. The van der Waals surface area contributed by atoms with Gasteiger partial charge in [-0.1, -0.05) is 31.0 Å². The molecule has 1 unspecified atom stereocenters. The zero-order chi connectivity index (χ0) is 22.8. The average Bonchev–Trinajstić information content (AvgIpc) is 3.01. The quantitative estimate of drug-likeness (QED) is 0.429. The van der Waals surface area contributed by atoms with Crippen LogP contribution in [-0.2, 0) is 6.61 Å². The second-order valence-corrected chi connectivity index (χ2v) is 8.51. The summed E-state index contributed by atoms with van der Waals surface area (Å²) >= 11 is 6.24. The van der Waals surface area contributed by atoms with Gasteiger partial charge in [0.1, 0.15) is 23.9 Å². The van der Waals surface area contributed by atoms with Gasteiger partial charge in [0.15, 0.2) is 17.2 Å². The molecule has 166 valence electrons. The molecule has 0 bridgehead atoms.